The molecule has 0 heterocycles. The molecule has 0 spiro atoms. The number of carbonyl (C=O) groups excluding carboxylic acids is 3. The second-order valence-electron chi connectivity index (χ2n) is 23.1. The summed E-state index contributed by atoms with van der Waals surface area (Å²) in [6.07, 6.45) is 93.0. The van der Waals surface area contributed by atoms with Gasteiger partial charge in [-0.05, 0) is 116 Å². The zero-order valence-electron chi connectivity index (χ0n) is 53.5. The van der Waals surface area contributed by atoms with Crippen LogP contribution in [0.4, 0.5) is 0 Å². The summed E-state index contributed by atoms with van der Waals surface area (Å²) >= 11 is 0. The Labute approximate surface area is 502 Å². The minimum atomic E-state index is -0.792. The van der Waals surface area contributed by atoms with E-state index in [0.717, 1.165) is 135 Å². The van der Waals surface area contributed by atoms with Gasteiger partial charge in [0.2, 0.25) is 0 Å². The average Bonchev–Trinajstić information content (AvgIpc) is 3.46. The standard InChI is InChI=1S/C75H130O6/c1-4-7-10-13-16-19-22-25-27-29-31-32-33-34-35-36-37-38-39-40-41-42-44-45-47-50-53-56-59-62-65-68-74(77)80-71-72(70-79-73(76)67-64-61-58-55-52-49-24-21-18-15-12-9-6-3)81-75(78)69-66-63-60-57-54-51-48-46-43-30-28-26-23-20-17-14-11-8-5-2/h8,11-12,15,17,20-22,24-26,28-29,31,43,46,72H,4-7,9-10,13-14,16,18-19,23,27,30,32-42,44-45,47-71H2,1-3H3/b11-8-,15-12-,20-17-,24-21-,25-22-,28-26-,31-29-,46-43-. The molecule has 0 aromatic carbocycles. The van der Waals surface area contributed by atoms with Gasteiger partial charge in [-0.2, -0.15) is 0 Å². The second-order valence-corrected chi connectivity index (χ2v) is 23.1. The largest absolute Gasteiger partial charge is 0.462 e. The molecule has 0 aliphatic carbocycles. The molecule has 0 amide bonds. The van der Waals surface area contributed by atoms with Gasteiger partial charge in [-0.15, -0.1) is 0 Å². The van der Waals surface area contributed by atoms with Crippen molar-refractivity contribution in [1.82, 2.24) is 0 Å². The molecule has 6 nitrogen and oxygen atoms in total. The Kier molecular flexibility index (Phi) is 65.7. The predicted molar refractivity (Wildman–Crippen MR) is 353 cm³/mol. The smallest absolute Gasteiger partial charge is 0.306 e. The molecule has 81 heavy (non-hydrogen) atoms. The van der Waals surface area contributed by atoms with Crippen molar-refractivity contribution in [3.8, 4) is 0 Å². The molecule has 0 saturated heterocycles. The minimum absolute atomic E-state index is 0.0859. The van der Waals surface area contributed by atoms with E-state index < -0.39 is 6.10 Å². The maximum atomic E-state index is 12.9. The van der Waals surface area contributed by atoms with Crippen LogP contribution in [0.25, 0.3) is 0 Å². The Bertz CT molecular complexity index is 1580. The highest BCUT2D eigenvalue weighted by atomic mass is 16.6. The topological polar surface area (TPSA) is 78.9 Å². The number of hydrogen-bond acceptors (Lipinski definition) is 6. The Morgan fingerprint density at radius 1 is 0.259 bits per heavy atom. The summed E-state index contributed by atoms with van der Waals surface area (Å²) in [4.78, 5) is 38.4. The predicted octanol–water partition coefficient (Wildman–Crippen LogP) is 24.0. The van der Waals surface area contributed by atoms with Crippen LogP contribution < -0.4 is 0 Å². The van der Waals surface area contributed by atoms with Gasteiger partial charge in [0.25, 0.3) is 0 Å². The van der Waals surface area contributed by atoms with E-state index in [-0.39, 0.29) is 31.1 Å². The summed E-state index contributed by atoms with van der Waals surface area (Å²) in [5, 5.41) is 0. The molecule has 466 valence electrons. The van der Waals surface area contributed by atoms with Crippen LogP contribution in [0.1, 0.15) is 342 Å². The van der Waals surface area contributed by atoms with Gasteiger partial charge in [0.15, 0.2) is 6.10 Å². The third-order valence-corrected chi connectivity index (χ3v) is 15.0. The number of carbonyl (C=O) groups is 3. The van der Waals surface area contributed by atoms with E-state index in [2.05, 4.69) is 118 Å². The van der Waals surface area contributed by atoms with Crippen LogP contribution in [-0.2, 0) is 28.6 Å². The first-order valence-electron chi connectivity index (χ1n) is 34.7. The highest BCUT2D eigenvalue weighted by molar-refractivity contribution is 5.71. The number of ether oxygens (including phenoxy) is 3. The van der Waals surface area contributed by atoms with Crippen molar-refractivity contribution in [1.29, 1.82) is 0 Å². The van der Waals surface area contributed by atoms with Gasteiger partial charge in [-0.1, -0.05) is 304 Å². The number of hydrogen-bond donors (Lipinski definition) is 0. The summed E-state index contributed by atoms with van der Waals surface area (Å²) in [6, 6.07) is 0. The molecule has 0 aliphatic heterocycles. The van der Waals surface area contributed by atoms with Crippen molar-refractivity contribution >= 4 is 17.9 Å². The minimum Gasteiger partial charge on any atom is -0.462 e. The first-order chi connectivity index (χ1) is 40.0. The summed E-state index contributed by atoms with van der Waals surface area (Å²) in [7, 11) is 0. The van der Waals surface area contributed by atoms with Crippen molar-refractivity contribution in [2.45, 2.75) is 348 Å². The molecule has 0 aliphatic rings. The van der Waals surface area contributed by atoms with Crippen molar-refractivity contribution in [2.24, 2.45) is 0 Å². The third kappa shape index (κ3) is 67.0. The maximum absolute atomic E-state index is 12.9. The molecular weight excluding hydrogens is 997 g/mol. The maximum Gasteiger partial charge on any atom is 0.306 e. The lowest BCUT2D eigenvalue weighted by Crippen LogP contribution is -2.30. The van der Waals surface area contributed by atoms with Crippen LogP contribution in [0.5, 0.6) is 0 Å². The summed E-state index contributed by atoms with van der Waals surface area (Å²) in [6.45, 7) is 6.46. The molecule has 0 saturated carbocycles. The van der Waals surface area contributed by atoms with Crippen LogP contribution in [-0.4, -0.2) is 37.2 Å². The molecule has 0 aromatic rings. The van der Waals surface area contributed by atoms with E-state index in [9.17, 15) is 14.4 Å². The summed E-state index contributed by atoms with van der Waals surface area (Å²) in [5.41, 5.74) is 0. The summed E-state index contributed by atoms with van der Waals surface area (Å²) in [5.74, 6) is -0.902. The van der Waals surface area contributed by atoms with Gasteiger partial charge in [-0.25, -0.2) is 0 Å². The van der Waals surface area contributed by atoms with Crippen molar-refractivity contribution in [3.63, 3.8) is 0 Å². The van der Waals surface area contributed by atoms with Gasteiger partial charge in [0.05, 0.1) is 0 Å². The molecule has 0 radical (unpaired) electrons. The highest BCUT2D eigenvalue weighted by Crippen LogP contribution is 2.17. The van der Waals surface area contributed by atoms with Crippen LogP contribution in [0.3, 0.4) is 0 Å². The van der Waals surface area contributed by atoms with E-state index in [4.69, 9.17) is 14.2 Å². The number of rotatable bonds is 63. The number of allylic oxidation sites excluding steroid dienone is 16. The number of unbranched alkanes of at least 4 members (excludes halogenated alkanes) is 36. The van der Waals surface area contributed by atoms with Gasteiger partial charge >= 0.3 is 17.9 Å². The molecule has 6 heteroatoms. The van der Waals surface area contributed by atoms with Gasteiger partial charge in [-0.3, -0.25) is 14.4 Å². The van der Waals surface area contributed by atoms with E-state index in [0.29, 0.717) is 19.3 Å². The lowest BCUT2D eigenvalue weighted by atomic mass is 10.0. The highest BCUT2D eigenvalue weighted by Gasteiger charge is 2.19. The van der Waals surface area contributed by atoms with E-state index in [1.807, 2.05) is 0 Å². The second kappa shape index (κ2) is 68.8. The van der Waals surface area contributed by atoms with E-state index in [1.54, 1.807) is 0 Å². The van der Waals surface area contributed by atoms with Gasteiger partial charge < -0.3 is 14.2 Å². The molecule has 1 atom stereocenters. The Morgan fingerprint density at radius 3 is 0.802 bits per heavy atom. The zero-order chi connectivity index (χ0) is 58.5. The van der Waals surface area contributed by atoms with Gasteiger partial charge in [0, 0.05) is 19.3 Å². The van der Waals surface area contributed by atoms with Crippen molar-refractivity contribution < 1.29 is 28.6 Å². The van der Waals surface area contributed by atoms with Crippen LogP contribution in [0, 0.1) is 0 Å². The van der Waals surface area contributed by atoms with Crippen LogP contribution in [0.15, 0.2) is 97.2 Å². The third-order valence-electron chi connectivity index (χ3n) is 15.0. The monoisotopic (exact) mass is 1130 g/mol. The average molecular weight is 1130 g/mol. The molecule has 0 bridgehead atoms. The fourth-order valence-corrected chi connectivity index (χ4v) is 9.86. The Hall–Kier alpha value is -3.67. The van der Waals surface area contributed by atoms with Crippen LogP contribution in [0.2, 0.25) is 0 Å². The normalized spacial score (nSPS) is 12.7. The lowest BCUT2D eigenvalue weighted by molar-refractivity contribution is -0.167. The van der Waals surface area contributed by atoms with Crippen molar-refractivity contribution in [2.75, 3.05) is 13.2 Å². The Balaban J connectivity index is 4.22. The fraction of sp³-hybridized carbons (Fsp3) is 0.747. The fourth-order valence-electron chi connectivity index (χ4n) is 9.86. The Morgan fingerprint density at radius 2 is 0.506 bits per heavy atom. The molecule has 0 N–H and O–H groups in total. The molecular formula is C75H130O6. The quantitative estimate of drug-likeness (QED) is 0.0261. The summed E-state index contributed by atoms with van der Waals surface area (Å²) < 4.78 is 16.9. The molecule has 1 unspecified atom stereocenters. The number of esters is 3. The molecule has 0 rings (SSSR count). The zero-order valence-corrected chi connectivity index (χ0v) is 53.5. The SMILES string of the molecule is CC/C=C\C/C=C\C/C=C\C/C=C\CCCCCCCCC(=O)OC(COC(=O)CCCCCCC/C=C\C/C=C\CCC)COC(=O)CCCCCCCCCCCCCCCCCCCCC/C=C\C/C=C\CCCCCCC. The molecule has 0 aromatic heterocycles. The van der Waals surface area contributed by atoms with Crippen LogP contribution >= 0.6 is 0 Å². The van der Waals surface area contributed by atoms with Crippen molar-refractivity contribution in [3.05, 3.63) is 97.2 Å². The first-order valence-corrected chi connectivity index (χ1v) is 34.7. The van der Waals surface area contributed by atoms with E-state index >= 15 is 0 Å². The first kappa shape index (κ1) is 77.3. The van der Waals surface area contributed by atoms with E-state index in [1.165, 1.54) is 167 Å². The van der Waals surface area contributed by atoms with Gasteiger partial charge in [0.1, 0.15) is 13.2 Å². The lowest BCUT2D eigenvalue weighted by Gasteiger charge is -2.18. The molecule has 0 fully saturated rings.